The molecule has 1 heterocycles. The van der Waals surface area contributed by atoms with Crippen molar-refractivity contribution in [3.63, 3.8) is 0 Å². The molecule has 0 aliphatic heterocycles. The minimum atomic E-state index is -3.70. The van der Waals surface area contributed by atoms with Gasteiger partial charge in [-0.15, -0.1) is 11.3 Å². The first-order chi connectivity index (χ1) is 13.8. The molecule has 0 spiro atoms. The van der Waals surface area contributed by atoms with Gasteiger partial charge in [0.2, 0.25) is 21.8 Å². The van der Waals surface area contributed by atoms with E-state index in [1.54, 1.807) is 28.4 Å². The van der Waals surface area contributed by atoms with E-state index in [0.717, 1.165) is 10.4 Å². The van der Waals surface area contributed by atoms with Gasteiger partial charge in [-0.25, -0.2) is 13.6 Å². The van der Waals surface area contributed by atoms with Crippen molar-refractivity contribution in [3.8, 4) is 0 Å². The number of nitrogens with two attached hydrogens (primary N) is 1. The average molecular weight is 439 g/mol. The van der Waals surface area contributed by atoms with Gasteiger partial charge in [0, 0.05) is 11.4 Å². The van der Waals surface area contributed by atoms with Crippen LogP contribution in [0.2, 0.25) is 0 Å². The molecule has 29 heavy (non-hydrogen) atoms. The molecule has 2 amide bonds. The number of thiophene rings is 1. The SMILES string of the molecule is CCN(CC(=O)NCCc1ccc(S(N)(=O)=O)cc1)CC(=O)NCc1cccs1. The number of amides is 2. The molecule has 1 aromatic heterocycles. The number of nitrogens with zero attached hydrogens (tertiary/aromatic N) is 1. The molecule has 0 radical (unpaired) electrons. The van der Waals surface area contributed by atoms with Crippen molar-refractivity contribution in [2.24, 2.45) is 5.14 Å². The molecule has 2 aromatic rings. The van der Waals surface area contributed by atoms with Gasteiger partial charge >= 0.3 is 0 Å². The van der Waals surface area contributed by atoms with Crippen LogP contribution in [0.5, 0.6) is 0 Å². The first kappa shape index (κ1) is 23.0. The normalized spacial score (nSPS) is 11.4. The van der Waals surface area contributed by atoms with Gasteiger partial charge in [0.15, 0.2) is 0 Å². The Kier molecular flexibility index (Phi) is 8.77. The van der Waals surface area contributed by atoms with Crippen molar-refractivity contribution in [1.82, 2.24) is 15.5 Å². The number of likely N-dealkylation sites (N-methyl/N-ethyl adjacent to an activating group) is 1. The standard InChI is InChI=1S/C19H26N4O4S2/c1-2-23(14-19(25)22-12-16-4-3-11-28-16)13-18(24)21-10-9-15-5-7-17(8-6-15)29(20,26)27/h3-8,11H,2,9-10,12-14H2,1H3,(H,21,24)(H,22,25)(H2,20,26,27). The van der Waals surface area contributed by atoms with Crippen LogP contribution in [0.15, 0.2) is 46.7 Å². The Morgan fingerprint density at radius 1 is 1.07 bits per heavy atom. The maximum absolute atomic E-state index is 12.1. The number of nitrogens with one attached hydrogen (secondary N) is 2. The topological polar surface area (TPSA) is 122 Å². The summed E-state index contributed by atoms with van der Waals surface area (Å²) in [5, 5.41) is 12.7. The molecule has 0 unspecified atom stereocenters. The van der Waals surface area contributed by atoms with Crippen molar-refractivity contribution in [2.45, 2.75) is 24.8 Å². The monoisotopic (exact) mass is 438 g/mol. The summed E-state index contributed by atoms with van der Waals surface area (Å²) in [6.45, 7) is 3.67. The molecule has 0 fully saturated rings. The Labute approximate surface area is 175 Å². The molecule has 2 rings (SSSR count). The fraction of sp³-hybridized carbons (Fsp3) is 0.368. The van der Waals surface area contributed by atoms with E-state index < -0.39 is 10.0 Å². The molecule has 4 N–H and O–H groups in total. The predicted molar refractivity (Wildman–Crippen MR) is 113 cm³/mol. The molecule has 0 saturated carbocycles. The van der Waals surface area contributed by atoms with Crippen LogP contribution in [-0.4, -0.2) is 51.3 Å². The molecule has 0 aliphatic carbocycles. The van der Waals surface area contributed by atoms with Crippen molar-refractivity contribution in [2.75, 3.05) is 26.2 Å². The first-order valence-corrected chi connectivity index (χ1v) is 11.6. The molecule has 1 aromatic carbocycles. The summed E-state index contributed by atoms with van der Waals surface area (Å²) >= 11 is 1.58. The third-order valence-corrected chi connectivity index (χ3v) is 6.01. The number of sulfonamides is 1. The highest BCUT2D eigenvalue weighted by molar-refractivity contribution is 7.89. The summed E-state index contributed by atoms with van der Waals surface area (Å²) in [6.07, 6.45) is 0.560. The highest BCUT2D eigenvalue weighted by atomic mass is 32.2. The van der Waals surface area contributed by atoms with Crippen LogP contribution < -0.4 is 15.8 Å². The molecule has 158 valence electrons. The maximum Gasteiger partial charge on any atom is 0.238 e. The van der Waals surface area contributed by atoms with Crippen molar-refractivity contribution >= 4 is 33.2 Å². The molecule has 0 aliphatic rings. The lowest BCUT2D eigenvalue weighted by atomic mass is 10.1. The van der Waals surface area contributed by atoms with Crippen LogP contribution in [0.3, 0.4) is 0 Å². The number of carbonyl (C=O) groups excluding carboxylic acids is 2. The summed E-state index contributed by atoms with van der Waals surface area (Å²) in [4.78, 5) is 27.1. The highest BCUT2D eigenvalue weighted by Crippen LogP contribution is 2.09. The minimum Gasteiger partial charge on any atom is -0.355 e. The van der Waals surface area contributed by atoms with Crippen LogP contribution in [-0.2, 0) is 32.6 Å². The molecular weight excluding hydrogens is 412 g/mol. The lowest BCUT2D eigenvalue weighted by Crippen LogP contribution is -2.43. The number of benzene rings is 1. The smallest absolute Gasteiger partial charge is 0.238 e. The quantitative estimate of drug-likeness (QED) is 0.477. The fourth-order valence-corrected chi connectivity index (χ4v) is 3.75. The number of hydrogen-bond donors (Lipinski definition) is 3. The van der Waals surface area contributed by atoms with Crippen molar-refractivity contribution in [3.05, 3.63) is 52.2 Å². The number of carbonyl (C=O) groups is 2. The lowest BCUT2D eigenvalue weighted by molar-refractivity contribution is -0.125. The van der Waals surface area contributed by atoms with Crippen molar-refractivity contribution in [1.29, 1.82) is 0 Å². The van der Waals surface area contributed by atoms with Gasteiger partial charge in [-0.2, -0.15) is 0 Å². The first-order valence-electron chi connectivity index (χ1n) is 9.18. The van der Waals surface area contributed by atoms with Gasteiger partial charge in [0.1, 0.15) is 0 Å². The second-order valence-corrected chi connectivity index (χ2v) is 9.04. The number of hydrogen-bond acceptors (Lipinski definition) is 6. The molecule has 10 heteroatoms. The molecule has 0 saturated heterocycles. The highest BCUT2D eigenvalue weighted by Gasteiger charge is 2.13. The van der Waals surface area contributed by atoms with Gasteiger partial charge in [-0.1, -0.05) is 25.1 Å². The van der Waals surface area contributed by atoms with Gasteiger partial charge in [-0.05, 0) is 42.1 Å². The van der Waals surface area contributed by atoms with E-state index in [9.17, 15) is 18.0 Å². The number of primary sulfonamides is 1. The zero-order chi connectivity index (χ0) is 21.3. The third-order valence-electron chi connectivity index (χ3n) is 4.21. The van der Waals surface area contributed by atoms with E-state index in [0.29, 0.717) is 26.1 Å². The van der Waals surface area contributed by atoms with Crippen LogP contribution in [0.25, 0.3) is 0 Å². The van der Waals surface area contributed by atoms with Gasteiger partial charge in [0.05, 0.1) is 24.5 Å². The predicted octanol–water partition coefficient (Wildman–Crippen LogP) is 0.693. The molecule has 0 bridgehead atoms. The van der Waals surface area contributed by atoms with Crippen LogP contribution in [0, 0.1) is 0 Å². The van der Waals surface area contributed by atoms with E-state index in [-0.39, 0.29) is 29.8 Å². The Morgan fingerprint density at radius 2 is 1.72 bits per heavy atom. The summed E-state index contributed by atoms with van der Waals surface area (Å²) < 4.78 is 22.5. The molecule has 8 nitrogen and oxygen atoms in total. The molecule has 0 atom stereocenters. The lowest BCUT2D eigenvalue weighted by Gasteiger charge is -2.19. The Balaban J connectivity index is 1.70. The zero-order valence-electron chi connectivity index (χ0n) is 16.3. The maximum atomic E-state index is 12.1. The van der Waals surface area contributed by atoms with E-state index in [2.05, 4.69) is 10.6 Å². The summed E-state index contributed by atoms with van der Waals surface area (Å²) in [5.74, 6) is -0.290. The minimum absolute atomic E-state index is 0.0567. The van der Waals surface area contributed by atoms with E-state index in [1.165, 1.54) is 12.1 Å². The van der Waals surface area contributed by atoms with Crippen LogP contribution in [0.1, 0.15) is 17.4 Å². The largest absolute Gasteiger partial charge is 0.355 e. The average Bonchev–Trinajstić information content (AvgIpc) is 3.19. The number of rotatable bonds is 11. The van der Waals surface area contributed by atoms with Crippen LogP contribution >= 0.6 is 11.3 Å². The fourth-order valence-electron chi connectivity index (χ4n) is 2.59. The van der Waals surface area contributed by atoms with E-state index in [4.69, 9.17) is 5.14 Å². The third kappa shape index (κ3) is 8.32. The van der Waals surface area contributed by atoms with Crippen molar-refractivity contribution < 1.29 is 18.0 Å². The van der Waals surface area contributed by atoms with Gasteiger partial charge in [-0.3, -0.25) is 14.5 Å². The summed E-state index contributed by atoms with van der Waals surface area (Å²) in [7, 11) is -3.70. The molecular formula is C19H26N4O4S2. The second-order valence-electron chi connectivity index (χ2n) is 6.45. The Hall–Kier alpha value is -2.27. The summed E-state index contributed by atoms with van der Waals surface area (Å²) in [5.41, 5.74) is 0.887. The second kappa shape index (κ2) is 11.1. The van der Waals surface area contributed by atoms with Gasteiger partial charge in [0.25, 0.3) is 0 Å². The summed E-state index contributed by atoms with van der Waals surface area (Å²) in [6, 6.07) is 10.1. The van der Waals surface area contributed by atoms with E-state index >= 15 is 0 Å². The van der Waals surface area contributed by atoms with Crippen LogP contribution in [0.4, 0.5) is 0 Å². The van der Waals surface area contributed by atoms with E-state index in [1.807, 2.05) is 24.4 Å². The Morgan fingerprint density at radius 3 is 2.28 bits per heavy atom. The zero-order valence-corrected chi connectivity index (χ0v) is 17.9. The Bertz CT molecular complexity index is 897. The van der Waals surface area contributed by atoms with Gasteiger partial charge < -0.3 is 10.6 Å².